The first-order valence-corrected chi connectivity index (χ1v) is 12.7. The zero-order valence-corrected chi connectivity index (χ0v) is 20.5. The lowest BCUT2D eigenvalue weighted by Crippen LogP contribution is -2.52. The molecule has 0 aliphatic carbocycles. The van der Waals surface area contributed by atoms with Gasteiger partial charge in [0, 0.05) is 12.6 Å². The van der Waals surface area contributed by atoms with E-state index in [1.807, 2.05) is 45.0 Å². The smallest absolute Gasteiger partial charge is 0.244 e. The van der Waals surface area contributed by atoms with Gasteiger partial charge in [-0.15, -0.1) is 0 Å². The van der Waals surface area contributed by atoms with Crippen molar-refractivity contribution in [3.63, 3.8) is 0 Å². The predicted molar refractivity (Wildman–Crippen MR) is 128 cm³/mol. The summed E-state index contributed by atoms with van der Waals surface area (Å²) in [5, 5.41) is 2.87. The van der Waals surface area contributed by atoms with Gasteiger partial charge < -0.3 is 10.2 Å². The topological polar surface area (TPSA) is 86.8 Å². The van der Waals surface area contributed by atoms with E-state index in [4.69, 9.17) is 0 Å². The summed E-state index contributed by atoms with van der Waals surface area (Å²) in [5.74, 6) is -1.52. The number of aryl methyl sites for hydroxylation is 1. The molecule has 2 rings (SSSR count). The van der Waals surface area contributed by atoms with Gasteiger partial charge in [-0.3, -0.25) is 13.9 Å². The Morgan fingerprint density at radius 2 is 1.76 bits per heavy atom. The molecule has 0 saturated heterocycles. The fraction of sp³-hybridized carbons (Fsp3) is 0.417. The van der Waals surface area contributed by atoms with E-state index in [0.29, 0.717) is 0 Å². The van der Waals surface area contributed by atoms with Gasteiger partial charge in [-0.25, -0.2) is 12.8 Å². The highest BCUT2D eigenvalue weighted by atomic mass is 32.2. The maximum Gasteiger partial charge on any atom is 0.244 e. The highest BCUT2D eigenvalue weighted by Crippen LogP contribution is 2.20. The zero-order chi connectivity index (χ0) is 24.8. The minimum atomic E-state index is -3.89. The molecule has 0 heterocycles. The normalized spacial score (nSPS) is 13.2. The third-order valence-corrected chi connectivity index (χ3v) is 6.52. The quantitative estimate of drug-likeness (QED) is 0.569. The highest BCUT2D eigenvalue weighted by molar-refractivity contribution is 7.92. The molecule has 9 heteroatoms. The summed E-state index contributed by atoms with van der Waals surface area (Å²) >= 11 is 0. The van der Waals surface area contributed by atoms with E-state index in [9.17, 15) is 22.4 Å². The summed E-state index contributed by atoms with van der Waals surface area (Å²) in [4.78, 5) is 27.6. The molecule has 180 valence electrons. The molecular formula is C24H32FN3O4S. The first-order valence-electron chi connectivity index (χ1n) is 10.8. The number of anilines is 1. The van der Waals surface area contributed by atoms with Gasteiger partial charge in [0.2, 0.25) is 21.8 Å². The van der Waals surface area contributed by atoms with E-state index in [-0.39, 0.29) is 24.2 Å². The van der Waals surface area contributed by atoms with Crippen LogP contribution in [0.5, 0.6) is 0 Å². The van der Waals surface area contributed by atoms with Crippen LogP contribution >= 0.6 is 0 Å². The largest absolute Gasteiger partial charge is 0.352 e. The van der Waals surface area contributed by atoms with Crippen molar-refractivity contribution in [3.05, 3.63) is 65.5 Å². The van der Waals surface area contributed by atoms with Gasteiger partial charge in [-0.2, -0.15) is 0 Å². The van der Waals surface area contributed by atoms with Crippen LogP contribution in [0.25, 0.3) is 0 Å². The van der Waals surface area contributed by atoms with Gasteiger partial charge >= 0.3 is 0 Å². The van der Waals surface area contributed by atoms with E-state index in [2.05, 4.69) is 5.32 Å². The first-order chi connectivity index (χ1) is 15.4. The van der Waals surface area contributed by atoms with Crippen molar-refractivity contribution in [2.24, 2.45) is 0 Å². The van der Waals surface area contributed by atoms with Crippen LogP contribution in [0.3, 0.4) is 0 Å². The summed E-state index contributed by atoms with van der Waals surface area (Å²) < 4.78 is 39.5. The number of sulfonamides is 1. The molecule has 2 aromatic carbocycles. The summed E-state index contributed by atoms with van der Waals surface area (Å²) in [6, 6.07) is 11.6. The molecule has 0 aromatic heterocycles. The van der Waals surface area contributed by atoms with Crippen LogP contribution in [0.2, 0.25) is 0 Å². The number of benzene rings is 2. The van der Waals surface area contributed by atoms with Gasteiger partial charge in [-0.05, 0) is 51.0 Å². The Morgan fingerprint density at radius 1 is 1.09 bits per heavy atom. The molecule has 0 bridgehead atoms. The number of carbonyl (C=O) groups excluding carboxylic acids is 2. The van der Waals surface area contributed by atoms with Gasteiger partial charge in [0.05, 0.1) is 11.9 Å². The lowest BCUT2D eigenvalue weighted by molar-refractivity contribution is -0.139. The second kappa shape index (κ2) is 11.3. The monoisotopic (exact) mass is 477 g/mol. The van der Waals surface area contributed by atoms with Gasteiger partial charge in [-0.1, -0.05) is 42.8 Å². The Hall–Kier alpha value is -2.94. The van der Waals surface area contributed by atoms with Crippen molar-refractivity contribution in [2.45, 2.75) is 52.7 Å². The average molecular weight is 478 g/mol. The number of halogens is 1. The Bertz CT molecular complexity index is 1090. The second-order valence-electron chi connectivity index (χ2n) is 8.25. The Labute approximate surface area is 195 Å². The van der Waals surface area contributed by atoms with E-state index in [1.165, 1.54) is 23.1 Å². The van der Waals surface area contributed by atoms with Crippen molar-refractivity contribution < 1.29 is 22.4 Å². The van der Waals surface area contributed by atoms with Crippen molar-refractivity contribution in [1.82, 2.24) is 10.2 Å². The van der Waals surface area contributed by atoms with Crippen LogP contribution in [-0.4, -0.2) is 50.0 Å². The van der Waals surface area contributed by atoms with Crippen LogP contribution < -0.4 is 9.62 Å². The van der Waals surface area contributed by atoms with Crippen LogP contribution in [0, 0.1) is 12.7 Å². The number of rotatable bonds is 10. The SMILES string of the molecule is CC[C@@H](C)NC(=O)[C@@H](C)N(Cc1cccc(C)c1)C(=O)CN(c1cccc(F)c1)S(C)(=O)=O. The van der Waals surface area contributed by atoms with Crippen LogP contribution in [0.1, 0.15) is 38.3 Å². The molecule has 0 unspecified atom stereocenters. The lowest BCUT2D eigenvalue weighted by atomic mass is 10.1. The number of amides is 2. The predicted octanol–water partition coefficient (Wildman–Crippen LogP) is 3.23. The number of nitrogens with zero attached hydrogens (tertiary/aromatic N) is 2. The fourth-order valence-electron chi connectivity index (χ4n) is 3.30. The molecule has 0 spiro atoms. The fourth-order valence-corrected chi connectivity index (χ4v) is 4.14. The molecule has 2 amide bonds. The minimum absolute atomic E-state index is 0.0399. The lowest BCUT2D eigenvalue weighted by Gasteiger charge is -2.32. The Morgan fingerprint density at radius 3 is 2.33 bits per heavy atom. The molecule has 0 fully saturated rings. The third-order valence-electron chi connectivity index (χ3n) is 5.38. The van der Waals surface area contributed by atoms with Crippen LogP contribution in [0.15, 0.2) is 48.5 Å². The summed E-state index contributed by atoms with van der Waals surface area (Å²) in [6.07, 6.45) is 1.68. The Kier molecular flexibility index (Phi) is 8.99. The van der Waals surface area contributed by atoms with Crippen molar-refractivity contribution in [1.29, 1.82) is 0 Å². The standard InChI is InChI=1S/C24H32FN3O4S/c1-6-18(3)26-24(30)19(4)27(15-20-10-7-9-17(2)13-20)23(29)16-28(33(5,31)32)22-12-8-11-21(25)14-22/h7-14,18-19H,6,15-16H2,1-5H3,(H,26,30)/t18-,19-/m1/s1. The van der Waals surface area contributed by atoms with E-state index in [0.717, 1.165) is 34.2 Å². The molecule has 33 heavy (non-hydrogen) atoms. The number of carbonyl (C=O) groups is 2. The maximum atomic E-state index is 13.8. The first kappa shape index (κ1) is 26.3. The zero-order valence-electron chi connectivity index (χ0n) is 19.7. The molecule has 2 aromatic rings. The van der Waals surface area contributed by atoms with Crippen molar-refractivity contribution >= 4 is 27.5 Å². The molecule has 0 aliphatic heterocycles. The van der Waals surface area contributed by atoms with E-state index in [1.54, 1.807) is 6.92 Å². The number of hydrogen-bond acceptors (Lipinski definition) is 4. The number of nitrogens with one attached hydrogen (secondary N) is 1. The molecule has 2 atom stereocenters. The van der Waals surface area contributed by atoms with Crippen molar-refractivity contribution in [2.75, 3.05) is 17.1 Å². The minimum Gasteiger partial charge on any atom is -0.352 e. The average Bonchev–Trinajstić information content (AvgIpc) is 2.74. The molecule has 7 nitrogen and oxygen atoms in total. The van der Waals surface area contributed by atoms with Crippen molar-refractivity contribution in [3.8, 4) is 0 Å². The van der Waals surface area contributed by atoms with Crippen LogP contribution in [-0.2, 0) is 26.2 Å². The van der Waals surface area contributed by atoms with E-state index >= 15 is 0 Å². The maximum absolute atomic E-state index is 13.8. The third kappa shape index (κ3) is 7.56. The second-order valence-corrected chi connectivity index (χ2v) is 10.2. The molecule has 1 N–H and O–H groups in total. The molecule has 0 aliphatic rings. The summed E-state index contributed by atoms with van der Waals surface area (Å²) in [7, 11) is -3.89. The Balaban J connectivity index is 2.38. The van der Waals surface area contributed by atoms with Crippen LogP contribution in [0.4, 0.5) is 10.1 Å². The molecule has 0 radical (unpaired) electrons. The number of hydrogen-bond donors (Lipinski definition) is 1. The molecule has 0 saturated carbocycles. The van der Waals surface area contributed by atoms with Gasteiger partial charge in [0.25, 0.3) is 0 Å². The molecular weight excluding hydrogens is 445 g/mol. The van der Waals surface area contributed by atoms with Gasteiger partial charge in [0.15, 0.2) is 0 Å². The highest BCUT2D eigenvalue weighted by Gasteiger charge is 2.30. The van der Waals surface area contributed by atoms with Gasteiger partial charge in [0.1, 0.15) is 18.4 Å². The summed E-state index contributed by atoms with van der Waals surface area (Å²) in [5.41, 5.74) is 1.84. The van der Waals surface area contributed by atoms with E-state index < -0.39 is 34.3 Å². The summed E-state index contributed by atoms with van der Waals surface area (Å²) in [6.45, 7) is 6.90.